The highest BCUT2D eigenvalue weighted by atomic mass is 16.1. The molecule has 0 saturated carbocycles. The molecule has 3 heterocycles. The lowest BCUT2D eigenvalue weighted by molar-refractivity contribution is 0.503. The first-order chi connectivity index (χ1) is 15.1. The maximum atomic E-state index is 13.0. The zero-order valence-corrected chi connectivity index (χ0v) is 18.1. The summed E-state index contributed by atoms with van der Waals surface area (Å²) in [6, 6.07) is 10.1. The van der Waals surface area contributed by atoms with Crippen LogP contribution in [0.2, 0.25) is 0 Å². The number of hydrogen-bond acceptors (Lipinski definition) is 5. The van der Waals surface area contributed by atoms with Crippen LogP contribution >= 0.6 is 0 Å². The summed E-state index contributed by atoms with van der Waals surface area (Å²) in [6.45, 7) is 7.69. The van der Waals surface area contributed by atoms with Gasteiger partial charge in [0.25, 0.3) is 0 Å². The van der Waals surface area contributed by atoms with Gasteiger partial charge < -0.3 is 0 Å². The molecule has 0 unspecified atom stereocenters. The Bertz CT molecular complexity index is 1190. The zero-order chi connectivity index (χ0) is 21.8. The van der Waals surface area contributed by atoms with Crippen molar-refractivity contribution in [2.45, 2.75) is 46.7 Å². The van der Waals surface area contributed by atoms with E-state index < -0.39 is 0 Å². The molecule has 8 nitrogen and oxygen atoms in total. The number of rotatable bonds is 8. The van der Waals surface area contributed by atoms with E-state index in [0.717, 1.165) is 47.3 Å². The molecular formula is C23H27N7O. The van der Waals surface area contributed by atoms with Crippen LogP contribution in [-0.2, 0) is 19.5 Å². The highest BCUT2D eigenvalue weighted by Gasteiger charge is 2.14. The van der Waals surface area contributed by atoms with Crippen LogP contribution in [0.3, 0.4) is 0 Å². The number of tetrazole rings is 1. The SMILES string of the molecule is CCCc1cn(CC(C)C)c(=O)n1Cc1ccc(-c2cnccc2-c2nn[nH]n2)cc1. The summed E-state index contributed by atoms with van der Waals surface area (Å²) < 4.78 is 3.74. The molecule has 3 aromatic heterocycles. The number of aromatic amines is 1. The highest BCUT2D eigenvalue weighted by Crippen LogP contribution is 2.29. The van der Waals surface area contributed by atoms with Gasteiger partial charge in [0.05, 0.1) is 6.54 Å². The Kier molecular flexibility index (Phi) is 6.06. The van der Waals surface area contributed by atoms with E-state index in [0.29, 0.717) is 18.3 Å². The summed E-state index contributed by atoms with van der Waals surface area (Å²) in [5.74, 6) is 0.957. The minimum absolute atomic E-state index is 0.0629. The maximum Gasteiger partial charge on any atom is 0.328 e. The number of pyridine rings is 1. The molecule has 160 valence electrons. The van der Waals surface area contributed by atoms with E-state index in [1.54, 1.807) is 12.4 Å². The molecule has 31 heavy (non-hydrogen) atoms. The van der Waals surface area contributed by atoms with Gasteiger partial charge in [0, 0.05) is 42.0 Å². The number of nitrogens with zero attached hydrogens (tertiary/aromatic N) is 6. The van der Waals surface area contributed by atoms with Gasteiger partial charge in [0.1, 0.15) is 0 Å². The van der Waals surface area contributed by atoms with E-state index in [9.17, 15) is 4.79 Å². The molecule has 0 amide bonds. The van der Waals surface area contributed by atoms with Crippen LogP contribution in [0.5, 0.6) is 0 Å². The lowest BCUT2D eigenvalue weighted by Gasteiger charge is -2.09. The third-order valence-corrected chi connectivity index (χ3v) is 5.21. The summed E-state index contributed by atoms with van der Waals surface area (Å²) in [5, 5.41) is 14.3. The molecule has 1 aromatic carbocycles. The molecule has 0 atom stereocenters. The van der Waals surface area contributed by atoms with Crippen LogP contribution in [0.15, 0.2) is 53.7 Å². The van der Waals surface area contributed by atoms with E-state index >= 15 is 0 Å². The summed E-state index contributed by atoms with van der Waals surface area (Å²) in [4.78, 5) is 17.2. The van der Waals surface area contributed by atoms with Gasteiger partial charge in [0.2, 0.25) is 5.82 Å². The fourth-order valence-corrected chi connectivity index (χ4v) is 3.80. The van der Waals surface area contributed by atoms with Crippen molar-refractivity contribution < 1.29 is 0 Å². The summed E-state index contributed by atoms with van der Waals surface area (Å²) >= 11 is 0. The Morgan fingerprint density at radius 3 is 2.58 bits per heavy atom. The smallest absolute Gasteiger partial charge is 0.299 e. The third-order valence-electron chi connectivity index (χ3n) is 5.21. The molecule has 1 N–H and O–H groups in total. The quantitative estimate of drug-likeness (QED) is 0.473. The fraction of sp³-hybridized carbons (Fsp3) is 0.348. The van der Waals surface area contributed by atoms with Crippen molar-refractivity contribution >= 4 is 0 Å². The molecule has 0 aliphatic heterocycles. The van der Waals surface area contributed by atoms with Gasteiger partial charge in [-0.1, -0.05) is 51.5 Å². The second-order valence-electron chi connectivity index (χ2n) is 8.14. The predicted molar refractivity (Wildman–Crippen MR) is 119 cm³/mol. The predicted octanol–water partition coefficient (Wildman–Crippen LogP) is 3.55. The van der Waals surface area contributed by atoms with Gasteiger partial charge in [-0.3, -0.25) is 14.1 Å². The van der Waals surface area contributed by atoms with Gasteiger partial charge in [-0.15, -0.1) is 10.2 Å². The van der Waals surface area contributed by atoms with Crippen molar-refractivity contribution in [3.8, 4) is 22.5 Å². The van der Waals surface area contributed by atoms with Gasteiger partial charge in [0.15, 0.2) is 0 Å². The average molecular weight is 418 g/mol. The van der Waals surface area contributed by atoms with Crippen molar-refractivity contribution in [1.29, 1.82) is 0 Å². The van der Waals surface area contributed by atoms with Gasteiger partial charge in [-0.2, -0.15) is 5.21 Å². The number of aromatic nitrogens is 7. The lowest BCUT2D eigenvalue weighted by atomic mass is 10.0. The molecule has 0 spiro atoms. The molecular weight excluding hydrogens is 390 g/mol. The Morgan fingerprint density at radius 2 is 1.90 bits per heavy atom. The fourth-order valence-electron chi connectivity index (χ4n) is 3.80. The average Bonchev–Trinajstić information content (AvgIpc) is 3.39. The number of benzene rings is 1. The molecule has 0 aliphatic carbocycles. The third kappa shape index (κ3) is 4.47. The minimum atomic E-state index is 0.0629. The van der Waals surface area contributed by atoms with Crippen LogP contribution < -0.4 is 5.69 Å². The molecule has 0 bridgehead atoms. The van der Waals surface area contributed by atoms with Crippen molar-refractivity contribution in [3.05, 3.63) is 70.7 Å². The van der Waals surface area contributed by atoms with Crippen molar-refractivity contribution in [1.82, 2.24) is 34.7 Å². The summed E-state index contributed by atoms with van der Waals surface area (Å²) in [6.07, 6.45) is 7.43. The highest BCUT2D eigenvalue weighted by molar-refractivity contribution is 5.79. The number of nitrogens with one attached hydrogen (secondary N) is 1. The van der Waals surface area contributed by atoms with Crippen LogP contribution in [0.1, 0.15) is 38.4 Å². The number of hydrogen-bond donors (Lipinski definition) is 1. The molecule has 8 heteroatoms. The minimum Gasteiger partial charge on any atom is -0.299 e. The van der Waals surface area contributed by atoms with Crippen LogP contribution in [-0.4, -0.2) is 34.7 Å². The van der Waals surface area contributed by atoms with E-state index in [1.165, 1.54) is 0 Å². The number of aryl methyl sites for hydroxylation is 1. The first kappa shape index (κ1) is 20.7. The molecule has 4 aromatic rings. The van der Waals surface area contributed by atoms with Gasteiger partial charge in [-0.25, -0.2) is 4.79 Å². The van der Waals surface area contributed by atoms with E-state index in [-0.39, 0.29) is 5.69 Å². The number of H-pyrrole nitrogens is 1. The van der Waals surface area contributed by atoms with Crippen molar-refractivity contribution in [2.24, 2.45) is 5.92 Å². The molecule has 0 aliphatic rings. The van der Waals surface area contributed by atoms with Gasteiger partial charge in [-0.05, 0) is 34.7 Å². The molecule has 0 fully saturated rings. The number of imidazole rings is 1. The Balaban J connectivity index is 1.62. The Labute approximate surface area is 181 Å². The Morgan fingerprint density at radius 1 is 1.10 bits per heavy atom. The van der Waals surface area contributed by atoms with Crippen molar-refractivity contribution in [3.63, 3.8) is 0 Å². The lowest BCUT2D eigenvalue weighted by Crippen LogP contribution is -2.26. The molecule has 0 radical (unpaired) electrons. The van der Waals surface area contributed by atoms with Crippen LogP contribution in [0.25, 0.3) is 22.5 Å². The zero-order valence-electron chi connectivity index (χ0n) is 18.1. The van der Waals surface area contributed by atoms with E-state index in [1.807, 2.05) is 33.5 Å². The van der Waals surface area contributed by atoms with Crippen LogP contribution in [0.4, 0.5) is 0 Å². The normalized spacial score (nSPS) is 11.4. The monoisotopic (exact) mass is 417 g/mol. The topological polar surface area (TPSA) is 94.3 Å². The van der Waals surface area contributed by atoms with Crippen LogP contribution in [0, 0.1) is 5.92 Å². The molecule has 0 saturated heterocycles. The second kappa shape index (κ2) is 9.07. The largest absolute Gasteiger partial charge is 0.328 e. The Hall–Kier alpha value is -3.55. The van der Waals surface area contributed by atoms with Gasteiger partial charge >= 0.3 is 5.69 Å². The van der Waals surface area contributed by atoms with E-state index in [4.69, 9.17) is 0 Å². The first-order valence-electron chi connectivity index (χ1n) is 10.6. The maximum absolute atomic E-state index is 13.0. The standard InChI is InChI=1S/C23H27N7O/c1-4-5-19-15-29(13-16(2)3)23(31)30(19)14-17-6-8-18(9-7-17)21-12-24-11-10-20(21)22-25-27-28-26-22/h6-12,15-16H,4-5,13-14H2,1-3H3,(H,25,26,27,28). The van der Waals surface area contributed by atoms with Crippen molar-refractivity contribution in [2.75, 3.05) is 0 Å². The van der Waals surface area contributed by atoms with E-state index in [2.05, 4.69) is 58.5 Å². The summed E-state index contributed by atoms with van der Waals surface area (Å²) in [7, 11) is 0. The summed E-state index contributed by atoms with van der Waals surface area (Å²) in [5.41, 5.74) is 5.04. The first-order valence-corrected chi connectivity index (χ1v) is 10.6. The second-order valence-corrected chi connectivity index (χ2v) is 8.14. The molecule has 4 rings (SSSR count).